The summed E-state index contributed by atoms with van der Waals surface area (Å²) in [5, 5.41) is 11.1. The molecular formula is C25H21N3O3S2. The van der Waals surface area contributed by atoms with Gasteiger partial charge in [0.05, 0.1) is 29.2 Å². The van der Waals surface area contributed by atoms with Crippen molar-refractivity contribution < 1.29 is 14.6 Å². The summed E-state index contributed by atoms with van der Waals surface area (Å²) < 4.78 is 5.37. The average Bonchev–Trinajstić information content (AvgIpc) is 3.31. The number of hydrogen-bond donors (Lipinski definition) is 1. The van der Waals surface area contributed by atoms with E-state index in [1.54, 1.807) is 48.0 Å². The van der Waals surface area contributed by atoms with Crippen LogP contribution in [0.1, 0.15) is 5.56 Å². The summed E-state index contributed by atoms with van der Waals surface area (Å²) in [6.07, 6.45) is 0. The monoisotopic (exact) mass is 475 g/mol. The summed E-state index contributed by atoms with van der Waals surface area (Å²) in [4.78, 5) is 23.8. The van der Waals surface area contributed by atoms with E-state index in [0.29, 0.717) is 15.8 Å². The highest BCUT2D eigenvalue weighted by atomic mass is 32.2. The minimum absolute atomic E-state index is 0.143. The Labute approximate surface area is 200 Å². The Hall–Kier alpha value is -3.36. The average molecular weight is 476 g/mol. The maximum atomic E-state index is 13.7. The van der Waals surface area contributed by atoms with Crippen LogP contribution in [-0.2, 0) is 4.79 Å². The van der Waals surface area contributed by atoms with E-state index in [0.717, 1.165) is 32.6 Å². The van der Waals surface area contributed by atoms with Crippen LogP contribution in [0.4, 0.5) is 17.1 Å². The van der Waals surface area contributed by atoms with E-state index in [-0.39, 0.29) is 11.7 Å². The van der Waals surface area contributed by atoms with Crippen molar-refractivity contribution >= 4 is 51.7 Å². The van der Waals surface area contributed by atoms with Gasteiger partial charge in [-0.2, -0.15) is 0 Å². The molecule has 0 radical (unpaired) electrons. The van der Waals surface area contributed by atoms with Gasteiger partial charge in [-0.15, -0.1) is 0 Å². The number of anilines is 2. The molecule has 0 spiro atoms. The van der Waals surface area contributed by atoms with Crippen molar-refractivity contribution in [1.29, 1.82) is 0 Å². The van der Waals surface area contributed by atoms with Crippen molar-refractivity contribution in [3.8, 4) is 11.5 Å². The SMILES string of the molecule is COc1ccc2c(c1)N(C)/C(=C1/SC(=Nc3ccc(C)cc3)N(c3ccc(O)cc3)C1=O)S2. The molecule has 1 N–H and O–H groups in total. The number of fused-ring (bicyclic) bond motifs is 1. The normalized spacial score (nSPS) is 18.9. The van der Waals surface area contributed by atoms with Gasteiger partial charge in [0.2, 0.25) is 0 Å². The zero-order valence-corrected chi connectivity index (χ0v) is 19.9. The van der Waals surface area contributed by atoms with Crippen LogP contribution in [0.2, 0.25) is 0 Å². The predicted octanol–water partition coefficient (Wildman–Crippen LogP) is 5.89. The molecule has 1 amide bonds. The Morgan fingerprint density at radius 2 is 1.70 bits per heavy atom. The molecule has 1 saturated heterocycles. The number of carbonyl (C=O) groups is 1. The first-order chi connectivity index (χ1) is 15.9. The second-order valence-corrected chi connectivity index (χ2v) is 9.63. The van der Waals surface area contributed by atoms with Gasteiger partial charge in [0.25, 0.3) is 5.91 Å². The van der Waals surface area contributed by atoms with Crippen LogP contribution in [-0.4, -0.2) is 30.3 Å². The van der Waals surface area contributed by atoms with Crippen molar-refractivity contribution in [1.82, 2.24) is 0 Å². The van der Waals surface area contributed by atoms with Gasteiger partial charge in [-0.05, 0) is 67.2 Å². The first-order valence-corrected chi connectivity index (χ1v) is 11.9. The molecule has 166 valence electrons. The summed E-state index contributed by atoms with van der Waals surface area (Å²) in [6, 6.07) is 20.3. The number of methoxy groups -OCH3 is 1. The van der Waals surface area contributed by atoms with Crippen LogP contribution in [0.25, 0.3) is 0 Å². The minimum Gasteiger partial charge on any atom is -0.508 e. The quantitative estimate of drug-likeness (QED) is 0.477. The molecule has 3 aromatic rings. The number of rotatable bonds is 3. The van der Waals surface area contributed by atoms with E-state index < -0.39 is 0 Å². The first-order valence-electron chi connectivity index (χ1n) is 10.2. The Balaban J connectivity index is 1.59. The van der Waals surface area contributed by atoms with Crippen molar-refractivity contribution in [2.75, 3.05) is 24.0 Å². The van der Waals surface area contributed by atoms with E-state index in [9.17, 15) is 9.90 Å². The molecule has 0 saturated carbocycles. The Morgan fingerprint density at radius 1 is 0.970 bits per heavy atom. The number of hydrogen-bond acceptors (Lipinski definition) is 7. The number of nitrogens with zero attached hydrogens (tertiary/aromatic N) is 3. The Morgan fingerprint density at radius 3 is 2.39 bits per heavy atom. The second kappa shape index (κ2) is 8.53. The molecule has 2 aliphatic heterocycles. The molecule has 0 unspecified atom stereocenters. The number of thioether (sulfide) groups is 2. The molecule has 0 aromatic heterocycles. The van der Waals surface area contributed by atoms with E-state index >= 15 is 0 Å². The van der Waals surface area contributed by atoms with Gasteiger partial charge in [0.15, 0.2) is 5.17 Å². The number of carbonyl (C=O) groups excluding carboxylic acids is 1. The number of aliphatic imine (C=N–C) groups is 1. The molecule has 5 rings (SSSR count). The third kappa shape index (κ3) is 3.96. The van der Waals surface area contributed by atoms with Crippen LogP contribution in [0.3, 0.4) is 0 Å². The van der Waals surface area contributed by atoms with Crippen LogP contribution in [0.5, 0.6) is 11.5 Å². The Bertz CT molecular complexity index is 1300. The van der Waals surface area contributed by atoms with Crippen LogP contribution >= 0.6 is 23.5 Å². The minimum atomic E-state index is -0.148. The van der Waals surface area contributed by atoms with Crippen LogP contribution < -0.4 is 14.5 Å². The maximum Gasteiger partial charge on any atom is 0.274 e. The number of benzene rings is 3. The number of ether oxygens (including phenoxy) is 1. The fourth-order valence-electron chi connectivity index (χ4n) is 3.59. The highest BCUT2D eigenvalue weighted by Crippen LogP contribution is 2.51. The molecule has 0 bridgehead atoms. The lowest BCUT2D eigenvalue weighted by Gasteiger charge is -2.17. The van der Waals surface area contributed by atoms with Gasteiger partial charge < -0.3 is 14.7 Å². The van der Waals surface area contributed by atoms with Crippen molar-refractivity contribution in [3.63, 3.8) is 0 Å². The van der Waals surface area contributed by atoms with Crippen LogP contribution in [0, 0.1) is 6.92 Å². The summed E-state index contributed by atoms with van der Waals surface area (Å²) >= 11 is 2.92. The zero-order chi connectivity index (χ0) is 23.1. The summed E-state index contributed by atoms with van der Waals surface area (Å²) in [5.41, 5.74) is 3.56. The van der Waals surface area contributed by atoms with Crippen LogP contribution in [0.15, 0.2) is 86.6 Å². The maximum absolute atomic E-state index is 13.7. The number of phenolic OH excluding ortho intramolecular Hbond substituents is 1. The largest absolute Gasteiger partial charge is 0.508 e. The number of amidine groups is 1. The highest BCUT2D eigenvalue weighted by molar-refractivity contribution is 8.20. The lowest BCUT2D eigenvalue weighted by atomic mass is 10.2. The van der Waals surface area contributed by atoms with Gasteiger partial charge in [-0.3, -0.25) is 9.69 Å². The zero-order valence-electron chi connectivity index (χ0n) is 18.3. The summed E-state index contributed by atoms with van der Waals surface area (Å²) in [6.45, 7) is 2.02. The van der Waals surface area contributed by atoms with Gasteiger partial charge in [0, 0.05) is 18.0 Å². The second-order valence-electron chi connectivity index (χ2n) is 7.62. The van der Waals surface area contributed by atoms with E-state index in [4.69, 9.17) is 9.73 Å². The molecule has 3 aromatic carbocycles. The first kappa shape index (κ1) is 21.5. The Kier molecular flexibility index (Phi) is 5.55. The number of phenols is 1. The molecule has 2 aliphatic rings. The molecule has 2 heterocycles. The number of amides is 1. The summed E-state index contributed by atoms with van der Waals surface area (Å²) in [7, 11) is 3.59. The summed E-state index contributed by atoms with van der Waals surface area (Å²) in [5.74, 6) is 0.764. The molecule has 6 nitrogen and oxygen atoms in total. The van der Waals surface area contributed by atoms with Gasteiger partial charge in [0.1, 0.15) is 16.4 Å². The van der Waals surface area contributed by atoms with Crippen molar-refractivity contribution in [2.24, 2.45) is 4.99 Å². The van der Waals surface area contributed by atoms with Gasteiger partial charge in [-0.25, -0.2) is 4.99 Å². The number of aromatic hydroxyl groups is 1. The van der Waals surface area contributed by atoms with E-state index in [2.05, 4.69) is 0 Å². The van der Waals surface area contributed by atoms with Crippen molar-refractivity contribution in [2.45, 2.75) is 11.8 Å². The molecule has 0 aliphatic carbocycles. The third-order valence-corrected chi connectivity index (χ3v) is 7.78. The smallest absolute Gasteiger partial charge is 0.274 e. The fraction of sp³-hybridized carbons (Fsp3) is 0.120. The van der Waals surface area contributed by atoms with Gasteiger partial charge in [-0.1, -0.05) is 29.5 Å². The van der Waals surface area contributed by atoms with E-state index in [1.165, 1.54) is 11.8 Å². The molecule has 8 heteroatoms. The predicted molar refractivity (Wildman–Crippen MR) is 136 cm³/mol. The van der Waals surface area contributed by atoms with E-state index in [1.807, 2.05) is 61.3 Å². The number of aryl methyl sites for hydroxylation is 1. The van der Waals surface area contributed by atoms with Crippen molar-refractivity contribution in [3.05, 3.63) is 82.2 Å². The third-order valence-electron chi connectivity index (χ3n) is 5.38. The topological polar surface area (TPSA) is 65.4 Å². The molecule has 1 fully saturated rings. The molecule has 33 heavy (non-hydrogen) atoms. The molecular weight excluding hydrogens is 454 g/mol. The highest BCUT2D eigenvalue weighted by Gasteiger charge is 2.40. The molecule has 0 atom stereocenters. The fourth-order valence-corrected chi connectivity index (χ4v) is 5.92. The lowest BCUT2D eigenvalue weighted by Crippen LogP contribution is -2.29. The van der Waals surface area contributed by atoms with Gasteiger partial charge >= 0.3 is 0 Å². The standard InChI is InChI=1S/C25H21N3O3S2/c1-15-4-6-16(7-5-15)26-25-28(17-8-10-18(29)11-9-17)23(30)22(33-25)24-27(2)20-14-19(31-3)12-13-21(20)32-24/h4-14,29H,1-3H3/b24-22-,26-25?. The lowest BCUT2D eigenvalue weighted by molar-refractivity contribution is -0.113.